The molecule has 0 amide bonds. The van der Waals surface area contributed by atoms with E-state index in [4.69, 9.17) is 11.6 Å². The van der Waals surface area contributed by atoms with E-state index in [2.05, 4.69) is 21.8 Å². The molecule has 0 saturated carbocycles. The first-order valence-corrected chi connectivity index (χ1v) is 9.60. The van der Waals surface area contributed by atoms with Crippen LogP contribution < -0.4 is 4.72 Å². The SMILES string of the molecule is O=S(=O)(CCCCl)NC1CCCN(Cc2ccccc2)C1. The number of hydrogen-bond acceptors (Lipinski definition) is 3. The normalized spacial score (nSPS) is 20.5. The maximum absolute atomic E-state index is 11.9. The molecule has 4 nitrogen and oxygen atoms in total. The Labute approximate surface area is 132 Å². The zero-order chi connectivity index (χ0) is 15.1. The fraction of sp³-hybridized carbons (Fsp3) is 0.600. The number of likely N-dealkylation sites (tertiary alicyclic amines) is 1. The quantitative estimate of drug-likeness (QED) is 0.780. The molecular formula is C15H23ClN2O2S. The van der Waals surface area contributed by atoms with Crippen molar-refractivity contribution in [1.82, 2.24) is 9.62 Å². The first-order valence-electron chi connectivity index (χ1n) is 7.41. The van der Waals surface area contributed by atoms with E-state index in [0.717, 1.165) is 32.5 Å². The zero-order valence-corrected chi connectivity index (χ0v) is 13.7. The molecule has 1 aromatic rings. The van der Waals surface area contributed by atoms with Gasteiger partial charge in [-0.2, -0.15) is 0 Å². The first-order chi connectivity index (χ1) is 10.1. The average molecular weight is 331 g/mol. The molecule has 1 heterocycles. The van der Waals surface area contributed by atoms with Crippen LogP contribution in [-0.2, 0) is 16.6 Å². The number of sulfonamides is 1. The van der Waals surface area contributed by atoms with Gasteiger partial charge in [0.25, 0.3) is 0 Å². The van der Waals surface area contributed by atoms with Crippen LogP contribution in [0.4, 0.5) is 0 Å². The number of nitrogens with one attached hydrogen (secondary N) is 1. The van der Waals surface area contributed by atoms with Crippen LogP contribution in [0.3, 0.4) is 0 Å². The van der Waals surface area contributed by atoms with Crippen molar-refractivity contribution < 1.29 is 8.42 Å². The monoisotopic (exact) mass is 330 g/mol. The van der Waals surface area contributed by atoms with Gasteiger partial charge in [-0.1, -0.05) is 30.3 Å². The summed E-state index contributed by atoms with van der Waals surface area (Å²) in [5.74, 6) is 0.497. The minimum atomic E-state index is -3.20. The Morgan fingerprint density at radius 1 is 1.29 bits per heavy atom. The molecule has 21 heavy (non-hydrogen) atoms. The molecule has 0 spiro atoms. The second-order valence-corrected chi connectivity index (χ2v) is 7.79. The molecule has 1 fully saturated rings. The molecule has 1 aliphatic rings. The maximum Gasteiger partial charge on any atom is 0.211 e. The van der Waals surface area contributed by atoms with Crippen molar-refractivity contribution in [2.24, 2.45) is 0 Å². The van der Waals surface area contributed by atoms with Gasteiger partial charge in [0.05, 0.1) is 5.75 Å². The largest absolute Gasteiger partial charge is 0.298 e. The van der Waals surface area contributed by atoms with E-state index in [-0.39, 0.29) is 11.8 Å². The number of piperidine rings is 1. The number of benzene rings is 1. The number of hydrogen-bond donors (Lipinski definition) is 1. The van der Waals surface area contributed by atoms with Gasteiger partial charge in [-0.15, -0.1) is 11.6 Å². The average Bonchev–Trinajstić information content (AvgIpc) is 2.46. The lowest BCUT2D eigenvalue weighted by Crippen LogP contribution is -2.47. The molecule has 1 saturated heterocycles. The van der Waals surface area contributed by atoms with E-state index in [1.807, 2.05) is 18.2 Å². The number of halogens is 1. The number of alkyl halides is 1. The minimum absolute atomic E-state index is 0.0165. The number of nitrogens with zero attached hydrogens (tertiary/aromatic N) is 1. The van der Waals surface area contributed by atoms with Gasteiger partial charge >= 0.3 is 0 Å². The lowest BCUT2D eigenvalue weighted by atomic mass is 10.1. The van der Waals surface area contributed by atoms with Crippen LogP contribution in [-0.4, -0.2) is 44.1 Å². The van der Waals surface area contributed by atoms with Crippen LogP contribution in [0.2, 0.25) is 0 Å². The smallest absolute Gasteiger partial charge is 0.211 e. The van der Waals surface area contributed by atoms with Gasteiger partial charge in [0.15, 0.2) is 0 Å². The minimum Gasteiger partial charge on any atom is -0.298 e. The standard InChI is InChI=1S/C15H23ClN2O2S/c16-9-5-11-21(19,20)17-15-8-4-10-18(13-15)12-14-6-2-1-3-7-14/h1-3,6-7,15,17H,4-5,8-13H2. The molecular weight excluding hydrogens is 308 g/mol. The van der Waals surface area contributed by atoms with Crippen molar-refractivity contribution >= 4 is 21.6 Å². The summed E-state index contributed by atoms with van der Waals surface area (Å²) in [5.41, 5.74) is 1.27. The van der Waals surface area contributed by atoms with E-state index >= 15 is 0 Å². The fourth-order valence-corrected chi connectivity index (χ4v) is 4.33. The van der Waals surface area contributed by atoms with Crippen LogP contribution in [0.1, 0.15) is 24.8 Å². The predicted molar refractivity (Wildman–Crippen MR) is 87.0 cm³/mol. The van der Waals surface area contributed by atoms with Crippen LogP contribution >= 0.6 is 11.6 Å². The first kappa shape index (κ1) is 16.7. The Balaban J connectivity index is 1.86. The molecule has 1 atom stereocenters. The van der Waals surface area contributed by atoms with Crippen molar-refractivity contribution in [2.75, 3.05) is 24.7 Å². The molecule has 2 rings (SSSR count). The van der Waals surface area contributed by atoms with Gasteiger partial charge in [-0.25, -0.2) is 13.1 Å². The third-order valence-corrected chi connectivity index (χ3v) is 5.43. The molecule has 118 valence electrons. The maximum atomic E-state index is 11.9. The molecule has 1 N–H and O–H groups in total. The van der Waals surface area contributed by atoms with Crippen LogP contribution in [0.15, 0.2) is 30.3 Å². The molecule has 1 unspecified atom stereocenters. The highest BCUT2D eigenvalue weighted by Gasteiger charge is 2.23. The van der Waals surface area contributed by atoms with Crippen molar-refractivity contribution in [3.8, 4) is 0 Å². The second-order valence-electron chi connectivity index (χ2n) is 5.54. The van der Waals surface area contributed by atoms with Gasteiger partial charge in [0.1, 0.15) is 0 Å². The van der Waals surface area contributed by atoms with Crippen LogP contribution in [0.5, 0.6) is 0 Å². The molecule has 6 heteroatoms. The van der Waals surface area contributed by atoms with E-state index in [1.54, 1.807) is 0 Å². The van der Waals surface area contributed by atoms with Crippen LogP contribution in [0.25, 0.3) is 0 Å². The van der Waals surface area contributed by atoms with Gasteiger partial charge in [-0.05, 0) is 31.4 Å². The van der Waals surface area contributed by atoms with Gasteiger partial charge in [0.2, 0.25) is 10.0 Å². The van der Waals surface area contributed by atoms with Gasteiger partial charge < -0.3 is 0 Å². The summed E-state index contributed by atoms with van der Waals surface area (Å²) in [6.45, 7) is 2.67. The zero-order valence-electron chi connectivity index (χ0n) is 12.2. The molecule has 0 aromatic heterocycles. The third-order valence-electron chi connectivity index (χ3n) is 3.65. The van der Waals surface area contributed by atoms with Crippen molar-refractivity contribution in [3.63, 3.8) is 0 Å². The molecule has 0 radical (unpaired) electrons. The number of rotatable bonds is 7. The van der Waals surface area contributed by atoms with E-state index in [0.29, 0.717) is 12.3 Å². The molecule has 1 aliphatic heterocycles. The highest BCUT2D eigenvalue weighted by Crippen LogP contribution is 2.14. The molecule has 0 bridgehead atoms. The second kappa shape index (κ2) is 8.13. The summed E-state index contributed by atoms with van der Waals surface area (Å²) in [7, 11) is -3.20. The van der Waals surface area contributed by atoms with Gasteiger partial charge in [0, 0.05) is 25.0 Å². The summed E-state index contributed by atoms with van der Waals surface area (Å²) in [6, 6.07) is 10.3. The highest BCUT2D eigenvalue weighted by atomic mass is 35.5. The van der Waals surface area contributed by atoms with Crippen molar-refractivity contribution in [1.29, 1.82) is 0 Å². The Hall–Kier alpha value is -0.620. The van der Waals surface area contributed by atoms with E-state index in [9.17, 15) is 8.42 Å². The summed E-state index contributed by atoms with van der Waals surface area (Å²) < 4.78 is 26.7. The topological polar surface area (TPSA) is 49.4 Å². The van der Waals surface area contributed by atoms with Crippen molar-refractivity contribution in [2.45, 2.75) is 31.8 Å². The lowest BCUT2D eigenvalue weighted by Gasteiger charge is -2.33. The van der Waals surface area contributed by atoms with E-state index < -0.39 is 10.0 Å². The summed E-state index contributed by atoms with van der Waals surface area (Å²) in [4.78, 5) is 2.31. The molecule has 1 aromatic carbocycles. The fourth-order valence-electron chi connectivity index (χ4n) is 2.69. The van der Waals surface area contributed by atoms with Crippen molar-refractivity contribution in [3.05, 3.63) is 35.9 Å². The Morgan fingerprint density at radius 2 is 2.05 bits per heavy atom. The summed E-state index contributed by atoms with van der Waals surface area (Å²) >= 11 is 5.56. The molecule has 0 aliphatic carbocycles. The Morgan fingerprint density at radius 3 is 2.76 bits per heavy atom. The lowest BCUT2D eigenvalue weighted by molar-refractivity contribution is 0.194. The predicted octanol–water partition coefficient (Wildman–Crippen LogP) is 2.20. The summed E-state index contributed by atoms with van der Waals surface area (Å²) in [6.07, 6.45) is 2.43. The Bertz CT molecular complexity index is 522. The van der Waals surface area contributed by atoms with Gasteiger partial charge in [-0.3, -0.25) is 4.90 Å². The third kappa shape index (κ3) is 5.94. The van der Waals surface area contributed by atoms with E-state index in [1.165, 1.54) is 5.56 Å². The van der Waals surface area contributed by atoms with Crippen LogP contribution in [0, 0.1) is 0 Å². The summed E-state index contributed by atoms with van der Waals surface area (Å²) in [5, 5.41) is 0. The Kier molecular flexibility index (Phi) is 6.48. The highest BCUT2D eigenvalue weighted by molar-refractivity contribution is 7.89.